The summed E-state index contributed by atoms with van der Waals surface area (Å²) in [5.41, 5.74) is 4.01. The third kappa shape index (κ3) is 7.18. The first kappa shape index (κ1) is 24.0. The second-order valence-corrected chi connectivity index (χ2v) is 8.13. The minimum Gasteiger partial charge on any atom is -0.478 e. The average molecular weight is 453 g/mol. The average Bonchev–Trinajstić information content (AvgIpc) is 2.79. The Morgan fingerprint density at radius 3 is 2.18 bits per heavy atom. The summed E-state index contributed by atoms with van der Waals surface area (Å²) < 4.78 is 5.77. The summed E-state index contributed by atoms with van der Waals surface area (Å²) in [4.78, 5) is 34.0. The predicted octanol–water partition coefficient (Wildman–Crippen LogP) is 4.02. The first-order valence-corrected chi connectivity index (χ1v) is 10.8. The maximum atomic E-state index is 12.5. The van der Waals surface area contributed by atoms with Crippen LogP contribution in [0.3, 0.4) is 0 Å². The lowest BCUT2D eigenvalue weighted by Crippen LogP contribution is -2.52. The number of aryl methyl sites for hydroxylation is 1. The number of carboxylic acids is 2. The van der Waals surface area contributed by atoms with Crippen molar-refractivity contribution >= 4 is 23.7 Å². The number of aliphatic carboxylic acids is 2. The fourth-order valence-corrected chi connectivity index (χ4v) is 4.09. The Morgan fingerprint density at radius 1 is 1.00 bits per heavy atom. The van der Waals surface area contributed by atoms with E-state index < -0.39 is 11.9 Å². The van der Waals surface area contributed by atoms with E-state index in [1.54, 1.807) is 0 Å². The molecule has 3 aliphatic heterocycles. The van der Waals surface area contributed by atoms with Gasteiger partial charge in [-0.15, -0.1) is 0 Å². The van der Waals surface area contributed by atoms with Gasteiger partial charge < -0.3 is 14.9 Å². The standard InChI is InChI=1S/C21H24N2O2.C4H4O4/c1-15-7-8-18(16-5-3-2-4-6-16)19(13-15)22-21(24)25-20-14-23-11-9-17(20)10-12-23;5-3(6)1-2-4(7)8/h2-8,13,17,20H,9-12,14H2,1H3,(H,22,24);1-2H,(H,5,6)(H,7,8)/b;2-1+. The number of nitrogens with one attached hydrogen (secondary N) is 1. The number of fused-ring (bicyclic) bond motifs is 3. The Morgan fingerprint density at radius 2 is 1.64 bits per heavy atom. The number of benzene rings is 2. The highest BCUT2D eigenvalue weighted by molar-refractivity contribution is 5.92. The Kier molecular flexibility index (Phi) is 8.21. The molecule has 1 atom stereocenters. The van der Waals surface area contributed by atoms with E-state index >= 15 is 0 Å². The Balaban J connectivity index is 0.000000331. The second-order valence-electron chi connectivity index (χ2n) is 8.13. The van der Waals surface area contributed by atoms with Crippen molar-refractivity contribution < 1.29 is 29.3 Å². The number of hydrogen-bond acceptors (Lipinski definition) is 5. The fraction of sp³-hybridized carbons (Fsp3) is 0.320. The lowest BCUT2D eigenvalue weighted by molar-refractivity contribution is -0.134. The summed E-state index contributed by atoms with van der Waals surface area (Å²) in [6.07, 6.45) is 3.06. The van der Waals surface area contributed by atoms with Crippen LogP contribution in [-0.4, -0.2) is 58.9 Å². The normalized spacial score (nSPS) is 21.1. The third-order valence-electron chi connectivity index (χ3n) is 5.72. The van der Waals surface area contributed by atoms with Gasteiger partial charge in [0.1, 0.15) is 6.10 Å². The van der Waals surface area contributed by atoms with E-state index in [1.165, 1.54) is 0 Å². The van der Waals surface area contributed by atoms with Crippen LogP contribution in [-0.2, 0) is 14.3 Å². The van der Waals surface area contributed by atoms with Crippen molar-refractivity contribution in [3.63, 3.8) is 0 Å². The van der Waals surface area contributed by atoms with Crippen molar-refractivity contribution in [1.82, 2.24) is 4.90 Å². The van der Waals surface area contributed by atoms with E-state index in [4.69, 9.17) is 14.9 Å². The minimum atomic E-state index is -1.26. The second kappa shape index (κ2) is 11.3. The molecular formula is C25H28N2O6. The maximum absolute atomic E-state index is 12.5. The molecule has 3 aliphatic rings. The van der Waals surface area contributed by atoms with E-state index in [0.717, 1.165) is 54.9 Å². The molecule has 33 heavy (non-hydrogen) atoms. The van der Waals surface area contributed by atoms with Gasteiger partial charge in [-0.3, -0.25) is 10.2 Å². The van der Waals surface area contributed by atoms with Gasteiger partial charge in [-0.1, -0.05) is 42.5 Å². The number of nitrogens with zero attached hydrogens (tertiary/aromatic N) is 1. The van der Waals surface area contributed by atoms with Crippen LogP contribution in [0.25, 0.3) is 11.1 Å². The summed E-state index contributed by atoms with van der Waals surface area (Å²) in [7, 11) is 0. The number of ether oxygens (including phenoxy) is 1. The van der Waals surface area contributed by atoms with Gasteiger partial charge in [-0.25, -0.2) is 14.4 Å². The highest BCUT2D eigenvalue weighted by Gasteiger charge is 2.36. The molecule has 0 aliphatic carbocycles. The molecule has 8 heteroatoms. The first-order chi connectivity index (χ1) is 15.8. The summed E-state index contributed by atoms with van der Waals surface area (Å²) in [6.45, 7) is 5.18. The summed E-state index contributed by atoms with van der Waals surface area (Å²) in [5.74, 6) is -2.00. The molecule has 1 unspecified atom stereocenters. The highest BCUT2D eigenvalue weighted by atomic mass is 16.6. The van der Waals surface area contributed by atoms with Crippen LogP contribution >= 0.6 is 0 Å². The molecule has 2 bridgehead atoms. The molecule has 5 rings (SSSR count). The number of hydrogen-bond donors (Lipinski definition) is 3. The number of amides is 1. The molecule has 3 fully saturated rings. The Labute approximate surface area is 192 Å². The monoisotopic (exact) mass is 452 g/mol. The fourth-order valence-electron chi connectivity index (χ4n) is 4.09. The Hall–Kier alpha value is -3.65. The summed E-state index contributed by atoms with van der Waals surface area (Å²) in [5, 5.41) is 18.6. The largest absolute Gasteiger partial charge is 0.478 e. The van der Waals surface area contributed by atoms with Gasteiger partial charge >= 0.3 is 18.0 Å². The summed E-state index contributed by atoms with van der Waals surface area (Å²) >= 11 is 0. The van der Waals surface area contributed by atoms with Crippen molar-refractivity contribution in [3.05, 3.63) is 66.2 Å². The third-order valence-corrected chi connectivity index (χ3v) is 5.72. The van der Waals surface area contributed by atoms with Crippen LogP contribution in [0.4, 0.5) is 10.5 Å². The number of piperidine rings is 3. The topological polar surface area (TPSA) is 116 Å². The number of carbonyl (C=O) groups is 3. The zero-order chi connectivity index (χ0) is 23.8. The number of carboxylic acid groups (broad SMARTS) is 2. The van der Waals surface area contributed by atoms with Gasteiger partial charge in [0.25, 0.3) is 0 Å². The molecule has 2 aromatic rings. The van der Waals surface area contributed by atoms with Gasteiger partial charge in [-0.2, -0.15) is 0 Å². The van der Waals surface area contributed by atoms with E-state index in [1.807, 2.05) is 31.2 Å². The van der Waals surface area contributed by atoms with Crippen LogP contribution in [0.2, 0.25) is 0 Å². The van der Waals surface area contributed by atoms with Crippen molar-refractivity contribution in [2.75, 3.05) is 25.0 Å². The van der Waals surface area contributed by atoms with Crippen molar-refractivity contribution in [2.45, 2.75) is 25.9 Å². The van der Waals surface area contributed by atoms with Crippen LogP contribution in [0.15, 0.2) is 60.7 Å². The zero-order valence-electron chi connectivity index (χ0n) is 18.4. The van der Waals surface area contributed by atoms with E-state index in [-0.39, 0.29) is 12.2 Å². The van der Waals surface area contributed by atoms with E-state index in [0.29, 0.717) is 18.1 Å². The minimum absolute atomic E-state index is 0.0208. The van der Waals surface area contributed by atoms with Crippen LogP contribution in [0.5, 0.6) is 0 Å². The number of rotatable bonds is 5. The smallest absolute Gasteiger partial charge is 0.411 e. The molecule has 3 saturated heterocycles. The molecule has 1 amide bonds. The highest BCUT2D eigenvalue weighted by Crippen LogP contribution is 2.31. The zero-order valence-corrected chi connectivity index (χ0v) is 18.4. The van der Waals surface area contributed by atoms with Crippen molar-refractivity contribution in [1.29, 1.82) is 0 Å². The number of anilines is 1. The summed E-state index contributed by atoms with van der Waals surface area (Å²) in [6, 6.07) is 16.2. The van der Waals surface area contributed by atoms with E-state index in [9.17, 15) is 14.4 Å². The molecule has 0 aromatic heterocycles. The molecule has 0 saturated carbocycles. The van der Waals surface area contributed by atoms with Crippen LogP contribution in [0, 0.1) is 12.8 Å². The maximum Gasteiger partial charge on any atom is 0.411 e. The molecule has 8 nitrogen and oxygen atoms in total. The van der Waals surface area contributed by atoms with Gasteiger partial charge in [0.15, 0.2) is 0 Å². The quantitative estimate of drug-likeness (QED) is 0.587. The number of carbonyl (C=O) groups excluding carboxylic acids is 1. The lowest BCUT2D eigenvalue weighted by Gasteiger charge is -2.43. The van der Waals surface area contributed by atoms with Crippen LogP contribution in [0.1, 0.15) is 18.4 Å². The molecule has 0 radical (unpaired) electrons. The molecule has 3 N–H and O–H groups in total. The molecule has 174 valence electrons. The lowest BCUT2D eigenvalue weighted by atomic mass is 9.86. The van der Waals surface area contributed by atoms with Gasteiger partial charge in [0.2, 0.25) is 0 Å². The first-order valence-electron chi connectivity index (χ1n) is 10.8. The molecular weight excluding hydrogens is 424 g/mol. The molecule has 3 heterocycles. The van der Waals surface area contributed by atoms with E-state index in [2.05, 4.69) is 34.5 Å². The van der Waals surface area contributed by atoms with Gasteiger partial charge in [0.05, 0.1) is 5.69 Å². The van der Waals surface area contributed by atoms with Crippen molar-refractivity contribution in [3.8, 4) is 11.1 Å². The molecule has 0 spiro atoms. The SMILES string of the molecule is Cc1ccc(-c2ccccc2)c(NC(=O)OC2CN3CCC2CC3)c1.O=C(O)/C=C/C(=O)O. The van der Waals surface area contributed by atoms with Crippen LogP contribution < -0.4 is 5.32 Å². The Bertz CT molecular complexity index is 997. The van der Waals surface area contributed by atoms with Crippen molar-refractivity contribution in [2.24, 2.45) is 5.92 Å². The molecule has 2 aromatic carbocycles. The predicted molar refractivity (Wildman–Crippen MR) is 124 cm³/mol. The van der Waals surface area contributed by atoms with Gasteiger partial charge in [0, 0.05) is 24.3 Å². The van der Waals surface area contributed by atoms with Gasteiger partial charge in [-0.05, 0) is 56.0 Å².